The number of aliphatic hydroxyl groups is 1. The normalized spacial score (nSPS) is 29.1. The van der Waals surface area contributed by atoms with Crippen molar-refractivity contribution >= 4 is 16.6 Å². The Balaban J connectivity index is 1.45. The van der Waals surface area contributed by atoms with E-state index in [1.54, 1.807) is 12.7 Å². The van der Waals surface area contributed by atoms with Crippen molar-refractivity contribution in [3.05, 3.63) is 53.1 Å². The standard InChI is InChI=1S/C43H74O4Si2/c1-31(16-14-18-40(44)34-21-23-35(45-9)24-22-34)38-25-26-39-33(17-15-27-43(38,39)8)20-19-32-28-36(46-48(10,11)41(2,3)4)30-37(29-32)47-49(12,13)42(5,6)7/h19-24,31,36-40,44H,14-18,25-30H2,1-13H3/b32-19?,33-20+/t31-,36?,37?,38-,39+,40?,43-/m1/s1. The zero-order chi connectivity index (χ0) is 36.4. The molecule has 0 amide bonds. The fourth-order valence-electron chi connectivity index (χ4n) is 8.90. The van der Waals surface area contributed by atoms with Crippen molar-refractivity contribution in [2.24, 2.45) is 23.2 Å². The van der Waals surface area contributed by atoms with Crippen LogP contribution in [0.25, 0.3) is 0 Å². The van der Waals surface area contributed by atoms with Crippen molar-refractivity contribution in [2.45, 2.75) is 181 Å². The number of ether oxygens (including phenoxy) is 1. The van der Waals surface area contributed by atoms with Gasteiger partial charge in [-0.15, -0.1) is 0 Å². The number of fused-ring (bicyclic) bond motifs is 1. The molecule has 0 saturated heterocycles. The first-order chi connectivity index (χ1) is 22.7. The van der Waals surface area contributed by atoms with Crippen LogP contribution in [0, 0.1) is 23.2 Å². The highest BCUT2D eigenvalue weighted by atomic mass is 28.4. The molecule has 3 saturated carbocycles. The predicted octanol–water partition coefficient (Wildman–Crippen LogP) is 12.6. The molecule has 1 N–H and O–H groups in total. The highest BCUT2D eigenvalue weighted by molar-refractivity contribution is 6.74. The third-order valence-corrected chi connectivity index (χ3v) is 23.0. The minimum atomic E-state index is -1.89. The number of rotatable bonds is 12. The molecule has 1 aromatic carbocycles. The lowest BCUT2D eigenvalue weighted by Gasteiger charge is -2.45. The van der Waals surface area contributed by atoms with Crippen LogP contribution >= 0.6 is 0 Å². The number of hydrogen-bond acceptors (Lipinski definition) is 4. The molecular formula is C43H74O4Si2. The van der Waals surface area contributed by atoms with Gasteiger partial charge in [0.2, 0.25) is 0 Å². The molecule has 6 heteroatoms. The van der Waals surface area contributed by atoms with Crippen LogP contribution < -0.4 is 4.74 Å². The van der Waals surface area contributed by atoms with Crippen LogP contribution in [0.5, 0.6) is 5.75 Å². The molecule has 4 nitrogen and oxygen atoms in total. The van der Waals surface area contributed by atoms with Gasteiger partial charge < -0.3 is 18.7 Å². The van der Waals surface area contributed by atoms with Crippen LogP contribution in [-0.2, 0) is 8.85 Å². The summed E-state index contributed by atoms with van der Waals surface area (Å²) in [5, 5.41) is 11.2. The summed E-state index contributed by atoms with van der Waals surface area (Å²) in [5.74, 6) is 2.96. The van der Waals surface area contributed by atoms with Crippen LogP contribution in [0.4, 0.5) is 0 Å². The van der Waals surface area contributed by atoms with Gasteiger partial charge >= 0.3 is 0 Å². The van der Waals surface area contributed by atoms with E-state index < -0.39 is 22.7 Å². The maximum Gasteiger partial charge on any atom is 0.192 e. The first-order valence-corrected chi connectivity index (χ1v) is 25.5. The van der Waals surface area contributed by atoms with E-state index >= 15 is 0 Å². The third-order valence-electron chi connectivity index (χ3n) is 13.9. The molecule has 0 radical (unpaired) electrons. The minimum absolute atomic E-state index is 0.200. The molecule has 4 rings (SSSR count). The van der Waals surface area contributed by atoms with Crippen LogP contribution in [0.15, 0.2) is 47.6 Å². The molecule has 278 valence electrons. The molecule has 0 aliphatic heterocycles. The van der Waals surface area contributed by atoms with E-state index in [9.17, 15) is 5.11 Å². The van der Waals surface area contributed by atoms with Crippen molar-refractivity contribution in [2.75, 3.05) is 7.11 Å². The monoisotopic (exact) mass is 711 g/mol. The molecule has 0 spiro atoms. The molecule has 0 aromatic heterocycles. The summed E-state index contributed by atoms with van der Waals surface area (Å²) >= 11 is 0. The molecule has 7 atom stereocenters. The Bertz CT molecular complexity index is 1250. The molecule has 3 aliphatic rings. The SMILES string of the molecule is COc1ccc(C(O)CCC[C@@H](C)[C@H]2CC[C@H]3/C(=C/C=C4CC(O[Si](C)(C)C(C)(C)C)CC(O[Si](C)(C)C(C)(C)C)C4)CCC[C@]23C)cc1. The molecule has 3 unspecified atom stereocenters. The van der Waals surface area contributed by atoms with E-state index in [4.69, 9.17) is 13.6 Å². The van der Waals surface area contributed by atoms with E-state index in [1.807, 2.05) is 24.3 Å². The van der Waals surface area contributed by atoms with Gasteiger partial charge in [-0.05, 0) is 135 Å². The Hall–Kier alpha value is -1.19. The average Bonchev–Trinajstić information content (AvgIpc) is 3.36. The topological polar surface area (TPSA) is 47.9 Å². The lowest BCUT2D eigenvalue weighted by Crippen LogP contribution is -2.48. The summed E-state index contributed by atoms with van der Waals surface area (Å²) < 4.78 is 19.5. The highest BCUT2D eigenvalue weighted by Gasteiger charge is 2.50. The zero-order valence-electron chi connectivity index (χ0n) is 33.9. The van der Waals surface area contributed by atoms with Crippen molar-refractivity contribution < 1.29 is 18.7 Å². The molecular weight excluding hydrogens is 637 g/mol. The van der Waals surface area contributed by atoms with Gasteiger partial charge in [0.15, 0.2) is 16.6 Å². The maximum absolute atomic E-state index is 10.9. The zero-order valence-corrected chi connectivity index (χ0v) is 35.9. The molecule has 3 fully saturated rings. The van der Waals surface area contributed by atoms with Crippen LogP contribution in [0.2, 0.25) is 36.3 Å². The number of aliphatic hydroxyl groups excluding tert-OH is 1. The number of allylic oxidation sites excluding steroid dienone is 3. The fraction of sp³-hybridized carbons (Fsp3) is 0.767. The summed E-state index contributed by atoms with van der Waals surface area (Å²) in [4.78, 5) is 0. The Morgan fingerprint density at radius 3 is 1.98 bits per heavy atom. The van der Waals surface area contributed by atoms with E-state index in [-0.39, 0.29) is 22.3 Å². The summed E-state index contributed by atoms with van der Waals surface area (Å²) in [6.07, 6.45) is 17.9. The van der Waals surface area contributed by atoms with E-state index in [0.717, 1.165) is 49.3 Å². The quantitative estimate of drug-likeness (QED) is 0.219. The van der Waals surface area contributed by atoms with Gasteiger partial charge in [0, 0.05) is 0 Å². The second-order valence-electron chi connectivity index (χ2n) is 19.5. The van der Waals surface area contributed by atoms with Gasteiger partial charge in [-0.2, -0.15) is 0 Å². The summed E-state index contributed by atoms with van der Waals surface area (Å²) in [7, 11) is -2.10. The van der Waals surface area contributed by atoms with Gasteiger partial charge in [0.05, 0.1) is 25.4 Å². The van der Waals surface area contributed by atoms with E-state index in [1.165, 1.54) is 44.1 Å². The summed E-state index contributed by atoms with van der Waals surface area (Å²) in [5.41, 5.74) is 4.59. The number of benzene rings is 1. The van der Waals surface area contributed by atoms with Crippen LogP contribution in [0.3, 0.4) is 0 Å². The second-order valence-corrected chi connectivity index (χ2v) is 29.0. The Labute approximate surface area is 304 Å². The lowest BCUT2D eigenvalue weighted by molar-refractivity contribution is 0.0725. The summed E-state index contributed by atoms with van der Waals surface area (Å²) in [6, 6.07) is 7.89. The number of hydrogen-bond donors (Lipinski definition) is 1. The largest absolute Gasteiger partial charge is 0.497 e. The molecule has 1 aromatic rings. The first-order valence-electron chi connectivity index (χ1n) is 19.7. The van der Waals surface area contributed by atoms with Crippen molar-refractivity contribution in [3.63, 3.8) is 0 Å². The van der Waals surface area contributed by atoms with Gasteiger partial charge in [-0.3, -0.25) is 0 Å². The highest BCUT2D eigenvalue weighted by Crippen LogP contribution is 2.60. The molecule has 49 heavy (non-hydrogen) atoms. The fourth-order valence-corrected chi connectivity index (χ4v) is 11.6. The van der Waals surface area contributed by atoms with Crippen LogP contribution in [-0.4, -0.2) is 41.1 Å². The van der Waals surface area contributed by atoms with Gasteiger partial charge in [0.25, 0.3) is 0 Å². The smallest absolute Gasteiger partial charge is 0.192 e. The van der Waals surface area contributed by atoms with Gasteiger partial charge in [-0.1, -0.05) is 104 Å². The maximum atomic E-state index is 10.9. The molecule has 0 heterocycles. The molecule has 0 bridgehead atoms. The van der Waals surface area contributed by atoms with Gasteiger partial charge in [-0.25, -0.2) is 0 Å². The second kappa shape index (κ2) is 15.8. The van der Waals surface area contributed by atoms with Crippen molar-refractivity contribution in [1.29, 1.82) is 0 Å². The van der Waals surface area contributed by atoms with Crippen molar-refractivity contribution in [1.82, 2.24) is 0 Å². The minimum Gasteiger partial charge on any atom is -0.497 e. The Morgan fingerprint density at radius 2 is 1.45 bits per heavy atom. The Morgan fingerprint density at radius 1 is 0.878 bits per heavy atom. The van der Waals surface area contributed by atoms with E-state index in [2.05, 4.69) is 93.7 Å². The molecule has 3 aliphatic carbocycles. The third kappa shape index (κ3) is 9.83. The summed E-state index contributed by atoms with van der Waals surface area (Å²) in [6.45, 7) is 28.9. The lowest BCUT2D eigenvalue weighted by atomic mass is 9.60. The van der Waals surface area contributed by atoms with Crippen molar-refractivity contribution in [3.8, 4) is 5.75 Å². The Kier molecular flexibility index (Phi) is 13.1. The van der Waals surface area contributed by atoms with E-state index in [0.29, 0.717) is 17.3 Å². The predicted molar refractivity (Wildman–Crippen MR) is 213 cm³/mol. The van der Waals surface area contributed by atoms with Gasteiger partial charge in [0.1, 0.15) is 5.75 Å². The van der Waals surface area contributed by atoms with Crippen LogP contribution in [0.1, 0.15) is 138 Å². The average molecular weight is 711 g/mol. The number of methoxy groups -OCH3 is 1. The first kappa shape index (κ1) is 40.6.